The molecule has 1 aromatic heterocycles. The van der Waals surface area contributed by atoms with Crippen molar-refractivity contribution < 1.29 is 0 Å². The number of H-pyrrole nitrogens is 1. The van der Waals surface area contributed by atoms with Crippen molar-refractivity contribution in [2.24, 2.45) is 0 Å². The predicted molar refractivity (Wildman–Crippen MR) is 118 cm³/mol. The van der Waals surface area contributed by atoms with E-state index in [-0.39, 0.29) is 17.5 Å². The Morgan fingerprint density at radius 1 is 0.931 bits per heavy atom. The SMILES string of the molecule is CNCc1cccc(C2Nc3cccc4c(=O)[nH]cc(c34)C2c2ccccc2)c1. The van der Waals surface area contributed by atoms with Crippen LogP contribution in [-0.4, -0.2) is 12.0 Å². The molecule has 4 heteroatoms. The van der Waals surface area contributed by atoms with Gasteiger partial charge < -0.3 is 15.6 Å². The Labute approximate surface area is 169 Å². The van der Waals surface area contributed by atoms with Crippen molar-refractivity contribution in [2.45, 2.75) is 18.5 Å². The third-order valence-electron chi connectivity index (χ3n) is 5.79. The maximum atomic E-state index is 12.4. The van der Waals surface area contributed by atoms with Crippen LogP contribution < -0.4 is 16.2 Å². The maximum Gasteiger partial charge on any atom is 0.255 e. The zero-order valence-electron chi connectivity index (χ0n) is 16.3. The van der Waals surface area contributed by atoms with E-state index in [2.05, 4.69) is 70.2 Å². The first-order chi connectivity index (χ1) is 14.3. The summed E-state index contributed by atoms with van der Waals surface area (Å²) in [5.74, 6) is 0.0929. The Hall–Kier alpha value is -3.37. The van der Waals surface area contributed by atoms with Gasteiger partial charge in [0.05, 0.1) is 6.04 Å². The van der Waals surface area contributed by atoms with Gasteiger partial charge in [0.15, 0.2) is 0 Å². The van der Waals surface area contributed by atoms with Crippen molar-refractivity contribution in [1.29, 1.82) is 0 Å². The van der Waals surface area contributed by atoms with Gasteiger partial charge in [-0.05, 0) is 41.4 Å². The van der Waals surface area contributed by atoms with E-state index in [1.54, 1.807) is 0 Å². The summed E-state index contributed by atoms with van der Waals surface area (Å²) in [7, 11) is 1.96. The molecule has 2 unspecified atom stereocenters. The summed E-state index contributed by atoms with van der Waals surface area (Å²) in [5, 5.41) is 8.74. The van der Waals surface area contributed by atoms with E-state index >= 15 is 0 Å². The molecule has 4 nitrogen and oxygen atoms in total. The molecule has 0 spiro atoms. The molecule has 0 amide bonds. The van der Waals surface area contributed by atoms with Gasteiger partial charge in [-0.1, -0.05) is 60.7 Å². The molecule has 0 radical (unpaired) electrons. The number of aromatic nitrogens is 1. The molecule has 0 bridgehead atoms. The zero-order chi connectivity index (χ0) is 19.8. The maximum absolute atomic E-state index is 12.4. The third kappa shape index (κ3) is 3.02. The molecule has 1 aliphatic heterocycles. The van der Waals surface area contributed by atoms with Crippen LogP contribution in [0.5, 0.6) is 0 Å². The first kappa shape index (κ1) is 17.7. The summed E-state index contributed by atoms with van der Waals surface area (Å²) >= 11 is 0. The molecule has 5 rings (SSSR count). The summed E-state index contributed by atoms with van der Waals surface area (Å²) in [6.45, 7) is 0.829. The van der Waals surface area contributed by atoms with E-state index in [0.717, 1.165) is 28.6 Å². The van der Waals surface area contributed by atoms with Crippen LogP contribution in [-0.2, 0) is 6.54 Å². The molecular formula is C25H23N3O. The van der Waals surface area contributed by atoms with Gasteiger partial charge in [0.1, 0.15) is 0 Å². The lowest BCUT2D eigenvalue weighted by atomic mass is 9.77. The molecule has 1 aliphatic rings. The number of nitrogens with one attached hydrogen (secondary N) is 3. The summed E-state index contributed by atoms with van der Waals surface area (Å²) in [6, 6.07) is 25.2. The fourth-order valence-electron chi connectivity index (χ4n) is 4.55. The number of rotatable bonds is 4. The van der Waals surface area contributed by atoms with Crippen LogP contribution in [0.4, 0.5) is 5.69 Å². The number of hydrogen-bond donors (Lipinski definition) is 3. The highest BCUT2D eigenvalue weighted by molar-refractivity contribution is 5.98. The van der Waals surface area contributed by atoms with Gasteiger partial charge in [-0.3, -0.25) is 4.79 Å². The highest BCUT2D eigenvalue weighted by Crippen LogP contribution is 2.46. The second-order valence-electron chi connectivity index (χ2n) is 7.59. The minimum atomic E-state index is -0.0475. The fourth-order valence-corrected chi connectivity index (χ4v) is 4.55. The molecule has 2 atom stereocenters. The Morgan fingerprint density at radius 2 is 1.72 bits per heavy atom. The third-order valence-corrected chi connectivity index (χ3v) is 5.79. The van der Waals surface area contributed by atoms with Gasteiger partial charge in [0, 0.05) is 35.1 Å². The molecule has 0 saturated heterocycles. The second kappa shape index (κ2) is 7.22. The molecule has 0 fully saturated rings. The predicted octanol–water partition coefficient (Wildman–Crippen LogP) is 4.55. The Balaban J connectivity index is 1.75. The highest BCUT2D eigenvalue weighted by atomic mass is 16.1. The van der Waals surface area contributed by atoms with Gasteiger partial charge in [0.25, 0.3) is 5.56 Å². The first-order valence-electron chi connectivity index (χ1n) is 9.95. The molecule has 2 heterocycles. The van der Waals surface area contributed by atoms with Crippen LogP contribution in [0.2, 0.25) is 0 Å². The molecular weight excluding hydrogens is 358 g/mol. The Bertz CT molecular complexity index is 1230. The van der Waals surface area contributed by atoms with Crippen LogP contribution in [0.25, 0.3) is 10.8 Å². The molecule has 3 aromatic carbocycles. The molecule has 144 valence electrons. The molecule has 0 aliphatic carbocycles. The standard InChI is InChI=1S/C25H23N3O/c1-26-14-16-7-5-10-18(13-16)24-22(17-8-3-2-4-9-17)20-15-27-25(29)19-11-6-12-21(28-24)23(19)20/h2-13,15,22,24,26,28H,14H2,1H3,(H,27,29). The number of pyridine rings is 1. The number of hydrogen-bond acceptors (Lipinski definition) is 3. The van der Waals surface area contributed by atoms with Crippen LogP contribution in [0.1, 0.15) is 34.2 Å². The molecule has 29 heavy (non-hydrogen) atoms. The quantitative estimate of drug-likeness (QED) is 0.486. The summed E-state index contributed by atoms with van der Waals surface area (Å²) in [4.78, 5) is 15.4. The fraction of sp³-hybridized carbons (Fsp3) is 0.160. The lowest BCUT2D eigenvalue weighted by Gasteiger charge is -2.36. The average molecular weight is 381 g/mol. The van der Waals surface area contributed by atoms with Crippen molar-refractivity contribution in [3.05, 3.63) is 112 Å². The van der Waals surface area contributed by atoms with Crippen molar-refractivity contribution in [3.8, 4) is 0 Å². The van der Waals surface area contributed by atoms with Gasteiger partial charge >= 0.3 is 0 Å². The minimum absolute atomic E-state index is 0.0475. The van der Waals surface area contributed by atoms with E-state index in [1.807, 2.05) is 31.4 Å². The van der Waals surface area contributed by atoms with Crippen LogP contribution in [0.3, 0.4) is 0 Å². The van der Waals surface area contributed by atoms with Crippen LogP contribution >= 0.6 is 0 Å². The van der Waals surface area contributed by atoms with Crippen molar-refractivity contribution >= 4 is 16.5 Å². The largest absolute Gasteiger partial charge is 0.377 e. The molecule has 4 aromatic rings. The van der Waals surface area contributed by atoms with E-state index in [1.165, 1.54) is 16.7 Å². The second-order valence-corrected chi connectivity index (χ2v) is 7.59. The Morgan fingerprint density at radius 3 is 2.55 bits per heavy atom. The van der Waals surface area contributed by atoms with Crippen molar-refractivity contribution in [2.75, 3.05) is 12.4 Å². The van der Waals surface area contributed by atoms with Crippen molar-refractivity contribution in [1.82, 2.24) is 10.3 Å². The zero-order valence-corrected chi connectivity index (χ0v) is 16.3. The normalized spacial score (nSPS) is 17.8. The number of anilines is 1. The van der Waals surface area contributed by atoms with Gasteiger partial charge in [0.2, 0.25) is 0 Å². The minimum Gasteiger partial charge on any atom is -0.377 e. The average Bonchev–Trinajstić information content (AvgIpc) is 2.77. The van der Waals surface area contributed by atoms with E-state index in [0.29, 0.717) is 0 Å². The van der Waals surface area contributed by atoms with Crippen LogP contribution in [0, 0.1) is 0 Å². The van der Waals surface area contributed by atoms with Crippen LogP contribution in [0.15, 0.2) is 83.8 Å². The highest BCUT2D eigenvalue weighted by Gasteiger charge is 2.33. The van der Waals surface area contributed by atoms with E-state index < -0.39 is 0 Å². The number of benzene rings is 3. The van der Waals surface area contributed by atoms with Gasteiger partial charge in [-0.15, -0.1) is 0 Å². The summed E-state index contributed by atoms with van der Waals surface area (Å²) in [6.07, 6.45) is 1.90. The van der Waals surface area contributed by atoms with E-state index in [4.69, 9.17) is 0 Å². The monoisotopic (exact) mass is 381 g/mol. The first-order valence-corrected chi connectivity index (χ1v) is 9.95. The van der Waals surface area contributed by atoms with Gasteiger partial charge in [-0.2, -0.15) is 0 Å². The number of aromatic amines is 1. The summed E-state index contributed by atoms with van der Waals surface area (Å²) < 4.78 is 0. The van der Waals surface area contributed by atoms with Crippen molar-refractivity contribution in [3.63, 3.8) is 0 Å². The van der Waals surface area contributed by atoms with Gasteiger partial charge in [-0.25, -0.2) is 0 Å². The smallest absolute Gasteiger partial charge is 0.255 e. The lowest BCUT2D eigenvalue weighted by Crippen LogP contribution is -2.26. The van der Waals surface area contributed by atoms with E-state index in [9.17, 15) is 4.79 Å². The topological polar surface area (TPSA) is 56.9 Å². The Kier molecular flexibility index (Phi) is 4.41. The summed E-state index contributed by atoms with van der Waals surface area (Å²) in [5.41, 5.74) is 5.84. The molecule has 0 saturated carbocycles. The molecule has 3 N–H and O–H groups in total. The lowest BCUT2D eigenvalue weighted by molar-refractivity contribution is 0.662.